The van der Waals surface area contributed by atoms with Crippen molar-refractivity contribution < 1.29 is 0 Å². The molecular weight excluding hydrogens is 320 g/mol. The summed E-state index contributed by atoms with van der Waals surface area (Å²) in [7, 11) is 0. The average molecular weight is 337 g/mol. The molecule has 19 heavy (non-hydrogen) atoms. The highest BCUT2D eigenvalue weighted by atomic mass is 79.9. The van der Waals surface area contributed by atoms with Gasteiger partial charge in [-0.1, -0.05) is 19.1 Å². The van der Waals surface area contributed by atoms with Crippen molar-refractivity contribution in [1.82, 2.24) is 9.55 Å². The minimum Gasteiger partial charge on any atom is -0.327 e. The third-order valence-electron chi connectivity index (χ3n) is 3.49. The van der Waals surface area contributed by atoms with Crippen molar-refractivity contribution in [3.63, 3.8) is 0 Å². The minimum atomic E-state index is 1.02. The quantitative estimate of drug-likeness (QED) is 0.752. The van der Waals surface area contributed by atoms with Crippen LogP contribution >= 0.6 is 27.7 Å². The van der Waals surface area contributed by atoms with Crippen LogP contribution in [0.5, 0.6) is 0 Å². The van der Waals surface area contributed by atoms with E-state index in [0.717, 1.165) is 29.1 Å². The van der Waals surface area contributed by atoms with E-state index in [9.17, 15) is 0 Å². The zero-order valence-corrected chi connectivity index (χ0v) is 13.4. The monoisotopic (exact) mass is 336 g/mol. The summed E-state index contributed by atoms with van der Waals surface area (Å²) >= 11 is 5.48. The average Bonchev–Trinajstić information content (AvgIpc) is 2.78. The molecule has 0 amide bonds. The molecule has 0 bridgehead atoms. The first kappa shape index (κ1) is 13.3. The highest BCUT2D eigenvalue weighted by molar-refractivity contribution is 9.10. The third kappa shape index (κ3) is 2.61. The Bertz CT molecular complexity index is 575. The number of nitrogens with zero attached hydrogens (tertiary/aromatic N) is 2. The first-order valence-corrected chi connectivity index (χ1v) is 8.55. The smallest absolute Gasteiger partial charge is 0.141 e. The van der Waals surface area contributed by atoms with Gasteiger partial charge in [0.2, 0.25) is 0 Å². The Hall–Kier alpha value is -0.740. The number of imidazole rings is 1. The highest BCUT2D eigenvalue weighted by Crippen LogP contribution is 2.31. The number of rotatable bonds is 3. The molecule has 0 fully saturated rings. The molecule has 100 valence electrons. The van der Waals surface area contributed by atoms with E-state index in [-0.39, 0.29) is 0 Å². The van der Waals surface area contributed by atoms with Gasteiger partial charge in [0.15, 0.2) is 0 Å². The first-order valence-electron chi connectivity index (χ1n) is 6.77. The van der Waals surface area contributed by atoms with Gasteiger partial charge in [0.05, 0.1) is 5.69 Å². The zero-order chi connectivity index (χ0) is 13.2. The van der Waals surface area contributed by atoms with E-state index in [4.69, 9.17) is 4.98 Å². The summed E-state index contributed by atoms with van der Waals surface area (Å²) in [6, 6.07) is 8.77. The Morgan fingerprint density at radius 3 is 2.79 bits per heavy atom. The number of hydrogen-bond acceptors (Lipinski definition) is 2. The second-order valence-electron chi connectivity index (χ2n) is 4.74. The number of benzene rings is 1. The van der Waals surface area contributed by atoms with Crippen LogP contribution in [0.1, 0.15) is 25.5 Å². The van der Waals surface area contributed by atoms with Gasteiger partial charge in [-0.3, -0.25) is 0 Å². The van der Waals surface area contributed by atoms with Crippen LogP contribution in [0.3, 0.4) is 0 Å². The molecule has 0 saturated heterocycles. The van der Waals surface area contributed by atoms with E-state index in [1.165, 1.54) is 29.0 Å². The summed E-state index contributed by atoms with van der Waals surface area (Å²) in [5.41, 5.74) is 2.57. The topological polar surface area (TPSA) is 17.8 Å². The Labute approximate surface area is 126 Å². The number of hydrogen-bond donors (Lipinski definition) is 0. The molecular formula is C15H17BrN2S. The molecule has 1 aromatic heterocycles. The predicted octanol–water partition coefficient (Wildman–Crippen LogP) is 4.76. The number of thioether (sulfide) groups is 1. The largest absolute Gasteiger partial charge is 0.327 e. The normalized spacial score (nSPS) is 14.4. The molecule has 0 atom stereocenters. The van der Waals surface area contributed by atoms with E-state index in [1.54, 1.807) is 0 Å². The molecule has 2 heterocycles. The molecule has 0 aliphatic carbocycles. The Morgan fingerprint density at radius 2 is 2.05 bits per heavy atom. The van der Waals surface area contributed by atoms with Crippen molar-refractivity contribution in [2.24, 2.45) is 0 Å². The molecule has 1 aliphatic rings. The van der Waals surface area contributed by atoms with E-state index in [2.05, 4.69) is 51.7 Å². The van der Waals surface area contributed by atoms with Crippen LogP contribution in [-0.4, -0.2) is 15.3 Å². The van der Waals surface area contributed by atoms with Crippen molar-refractivity contribution >= 4 is 27.7 Å². The van der Waals surface area contributed by atoms with Crippen molar-refractivity contribution in [2.45, 2.75) is 37.6 Å². The second kappa shape index (κ2) is 5.71. The fourth-order valence-corrected chi connectivity index (χ4v) is 3.83. The van der Waals surface area contributed by atoms with E-state index >= 15 is 0 Å². The predicted molar refractivity (Wildman–Crippen MR) is 84.7 cm³/mol. The van der Waals surface area contributed by atoms with Crippen LogP contribution in [0.2, 0.25) is 0 Å². The summed E-state index contributed by atoms with van der Waals surface area (Å²) in [5, 5.41) is 0. The summed E-state index contributed by atoms with van der Waals surface area (Å²) < 4.78 is 3.39. The van der Waals surface area contributed by atoms with Gasteiger partial charge in [0.25, 0.3) is 0 Å². The summed E-state index contributed by atoms with van der Waals surface area (Å²) in [6.45, 7) is 3.27. The first-order chi connectivity index (χ1) is 9.29. The van der Waals surface area contributed by atoms with Crippen LogP contribution in [0, 0.1) is 0 Å². The zero-order valence-electron chi connectivity index (χ0n) is 11.0. The molecule has 0 unspecified atom stereocenters. The molecule has 0 saturated carbocycles. The van der Waals surface area contributed by atoms with E-state index in [0.29, 0.717) is 0 Å². The van der Waals surface area contributed by atoms with Gasteiger partial charge in [-0.2, -0.15) is 0 Å². The van der Waals surface area contributed by atoms with Crippen LogP contribution in [-0.2, 0) is 13.0 Å². The van der Waals surface area contributed by atoms with Crippen LogP contribution in [0.4, 0.5) is 0 Å². The third-order valence-corrected chi connectivity index (χ3v) is 5.02. The lowest BCUT2D eigenvalue weighted by atomic mass is 10.1. The van der Waals surface area contributed by atoms with E-state index < -0.39 is 0 Å². The highest BCUT2D eigenvalue weighted by Gasteiger charge is 2.19. The fraction of sp³-hybridized carbons (Fsp3) is 0.400. The molecule has 3 rings (SSSR count). The van der Waals surface area contributed by atoms with E-state index in [1.807, 2.05) is 11.8 Å². The molecule has 2 aromatic rings. The lowest BCUT2D eigenvalue weighted by molar-refractivity contribution is 0.535. The van der Waals surface area contributed by atoms with Crippen LogP contribution < -0.4 is 0 Å². The summed E-state index contributed by atoms with van der Waals surface area (Å²) in [5.74, 6) is 2.22. The molecule has 4 heteroatoms. The molecule has 1 aromatic carbocycles. The van der Waals surface area contributed by atoms with Gasteiger partial charge in [-0.25, -0.2) is 4.98 Å². The van der Waals surface area contributed by atoms with Gasteiger partial charge in [0, 0.05) is 17.0 Å². The van der Waals surface area contributed by atoms with Crippen molar-refractivity contribution in [1.29, 1.82) is 0 Å². The molecule has 0 radical (unpaired) electrons. The molecule has 1 aliphatic heterocycles. The SMILES string of the molecule is CCSc1ccc(-c2nc(Br)c3n2CCCC3)cc1. The number of aromatic nitrogens is 2. The van der Waals surface area contributed by atoms with Gasteiger partial charge in [0.1, 0.15) is 10.4 Å². The maximum atomic E-state index is 4.71. The lowest BCUT2D eigenvalue weighted by Gasteiger charge is -2.16. The van der Waals surface area contributed by atoms with Crippen LogP contribution in [0.15, 0.2) is 33.8 Å². The molecule has 0 N–H and O–H groups in total. The number of fused-ring (bicyclic) bond motifs is 1. The number of halogens is 1. The fourth-order valence-electron chi connectivity index (χ4n) is 2.59. The maximum absolute atomic E-state index is 4.71. The Balaban J connectivity index is 1.97. The van der Waals surface area contributed by atoms with Crippen molar-refractivity contribution in [3.05, 3.63) is 34.6 Å². The Morgan fingerprint density at radius 1 is 1.26 bits per heavy atom. The maximum Gasteiger partial charge on any atom is 0.141 e. The standard InChI is InChI=1S/C15H17BrN2S/c1-2-19-12-8-6-11(7-9-12)15-17-14(16)13-5-3-4-10-18(13)15/h6-9H,2-5,10H2,1H3. The second-order valence-corrected chi connectivity index (χ2v) is 6.83. The minimum absolute atomic E-state index is 1.02. The van der Waals surface area contributed by atoms with Gasteiger partial charge in [-0.05, 0) is 53.1 Å². The van der Waals surface area contributed by atoms with Gasteiger partial charge in [-0.15, -0.1) is 11.8 Å². The van der Waals surface area contributed by atoms with Crippen molar-refractivity contribution in [2.75, 3.05) is 5.75 Å². The van der Waals surface area contributed by atoms with Gasteiger partial charge < -0.3 is 4.57 Å². The summed E-state index contributed by atoms with van der Waals surface area (Å²) in [6.07, 6.45) is 3.67. The molecule has 2 nitrogen and oxygen atoms in total. The van der Waals surface area contributed by atoms with Crippen LogP contribution in [0.25, 0.3) is 11.4 Å². The lowest BCUT2D eigenvalue weighted by Crippen LogP contribution is -2.11. The van der Waals surface area contributed by atoms with Gasteiger partial charge >= 0.3 is 0 Å². The Kier molecular flexibility index (Phi) is 3.99. The molecule has 0 spiro atoms. The summed E-state index contributed by atoms with van der Waals surface area (Å²) in [4.78, 5) is 6.04. The van der Waals surface area contributed by atoms with Crippen molar-refractivity contribution in [3.8, 4) is 11.4 Å².